The molecule has 0 saturated heterocycles. The summed E-state index contributed by atoms with van der Waals surface area (Å²) in [5.41, 5.74) is 0. The third-order valence-corrected chi connectivity index (χ3v) is 14.7. The van der Waals surface area contributed by atoms with Gasteiger partial charge in [-0.1, -0.05) is 320 Å². The van der Waals surface area contributed by atoms with E-state index < -0.39 is 6.10 Å². The smallest absolute Gasteiger partial charge is 0.306 e. The van der Waals surface area contributed by atoms with Crippen molar-refractivity contribution in [1.29, 1.82) is 0 Å². The van der Waals surface area contributed by atoms with Crippen LogP contribution in [0.5, 0.6) is 0 Å². The van der Waals surface area contributed by atoms with Crippen LogP contribution in [0.25, 0.3) is 0 Å². The van der Waals surface area contributed by atoms with Crippen molar-refractivity contribution in [3.8, 4) is 0 Å². The van der Waals surface area contributed by atoms with Gasteiger partial charge in [-0.3, -0.25) is 14.4 Å². The van der Waals surface area contributed by atoms with Gasteiger partial charge < -0.3 is 14.2 Å². The molecule has 0 aromatic carbocycles. The van der Waals surface area contributed by atoms with E-state index >= 15 is 0 Å². The quantitative estimate of drug-likeness (QED) is 0.0261. The Bertz CT molecular complexity index is 1220. The Labute approximate surface area is 455 Å². The molecule has 0 heterocycles. The first-order valence-corrected chi connectivity index (χ1v) is 32.5. The van der Waals surface area contributed by atoms with Crippen LogP contribution in [0.3, 0.4) is 0 Å². The number of rotatable bonds is 60. The molecular formula is C67H124O6. The van der Waals surface area contributed by atoms with Crippen molar-refractivity contribution in [3.05, 3.63) is 36.5 Å². The number of unbranched alkanes of at least 4 members (excludes halogenated alkanes) is 43. The number of allylic oxidation sites excluding steroid dienone is 6. The molecule has 73 heavy (non-hydrogen) atoms. The van der Waals surface area contributed by atoms with Crippen molar-refractivity contribution in [1.82, 2.24) is 0 Å². The molecule has 428 valence electrons. The molecule has 0 fully saturated rings. The number of hydrogen-bond donors (Lipinski definition) is 0. The van der Waals surface area contributed by atoms with Gasteiger partial charge >= 0.3 is 17.9 Å². The van der Waals surface area contributed by atoms with Gasteiger partial charge in [0.15, 0.2) is 6.10 Å². The predicted molar refractivity (Wildman–Crippen MR) is 316 cm³/mol. The highest BCUT2D eigenvalue weighted by molar-refractivity contribution is 5.71. The first kappa shape index (κ1) is 70.6. The molecule has 0 aromatic rings. The summed E-state index contributed by atoms with van der Waals surface area (Å²) in [6.45, 7) is 6.54. The highest BCUT2D eigenvalue weighted by atomic mass is 16.6. The van der Waals surface area contributed by atoms with Crippen LogP contribution >= 0.6 is 0 Å². The first-order valence-electron chi connectivity index (χ1n) is 32.5. The van der Waals surface area contributed by atoms with Gasteiger partial charge in [0, 0.05) is 19.3 Å². The summed E-state index contributed by atoms with van der Waals surface area (Å²) >= 11 is 0. The lowest BCUT2D eigenvalue weighted by atomic mass is 10.0. The minimum atomic E-state index is -0.783. The molecule has 0 rings (SSSR count). The lowest BCUT2D eigenvalue weighted by Gasteiger charge is -2.18. The zero-order valence-corrected chi connectivity index (χ0v) is 49.2. The van der Waals surface area contributed by atoms with Crippen LogP contribution in [-0.4, -0.2) is 37.2 Å². The minimum absolute atomic E-state index is 0.0793. The van der Waals surface area contributed by atoms with Crippen LogP contribution < -0.4 is 0 Å². The van der Waals surface area contributed by atoms with Gasteiger partial charge in [0.25, 0.3) is 0 Å². The molecule has 0 N–H and O–H groups in total. The highest BCUT2D eigenvalue weighted by Crippen LogP contribution is 2.18. The molecule has 0 aliphatic heterocycles. The largest absolute Gasteiger partial charge is 0.462 e. The lowest BCUT2D eigenvalue weighted by Crippen LogP contribution is -2.30. The van der Waals surface area contributed by atoms with Gasteiger partial charge in [0.1, 0.15) is 13.2 Å². The maximum absolute atomic E-state index is 12.8. The Balaban J connectivity index is 4.05. The fourth-order valence-corrected chi connectivity index (χ4v) is 9.81. The van der Waals surface area contributed by atoms with Gasteiger partial charge in [-0.05, 0) is 51.4 Å². The normalized spacial score (nSPS) is 12.2. The van der Waals surface area contributed by atoms with E-state index in [1.54, 1.807) is 0 Å². The van der Waals surface area contributed by atoms with Crippen molar-refractivity contribution in [2.45, 2.75) is 361 Å². The second kappa shape index (κ2) is 62.2. The fraction of sp³-hybridized carbons (Fsp3) is 0.866. The third-order valence-electron chi connectivity index (χ3n) is 14.7. The lowest BCUT2D eigenvalue weighted by molar-refractivity contribution is -0.167. The number of carbonyl (C=O) groups excluding carboxylic acids is 3. The minimum Gasteiger partial charge on any atom is -0.462 e. The van der Waals surface area contributed by atoms with Crippen molar-refractivity contribution >= 4 is 17.9 Å². The van der Waals surface area contributed by atoms with Crippen molar-refractivity contribution in [3.63, 3.8) is 0 Å². The van der Waals surface area contributed by atoms with Gasteiger partial charge in [0.05, 0.1) is 0 Å². The summed E-state index contributed by atoms with van der Waals surface area (Å²) in [5, 5.41) is 0. The highest BCUT2D eigenvalue weighted by Gasteiger charge is 2.19. The summed E-state index contributed by atoms with van der Waals surface area (Å²) in [7, 11) is 0. The van der Waals surface area contributed by atoms with Crippen LogP contribution in [0.1, 0.15) is 355 Å². The van der Waals surface area contributed by atoms with E-state index in [0.29, 0.717) is 19.3 Å². The molecule has 0 bridgehead atoms. The molecule has 1 unspecified atom stereocenters. The number of ether oxygens (including phenoxy) is 3. The molecule has 0 aliphatic rings. The molecule has 0 spiro atoms. The summed E-state index contributed by atoms with van der Waals surface area (Å²) in [4.78, 5) is 38.1. The molecule has 6 nitrogen and oxygen atoms in total. The van der Waals surface area contributed by atoms with E-state index in [4.69, 9.17) is 14.2 Å². The second-order valence-electron chi connectivity index (χ2n) is 22.0. The van der Waals surface area contributed by atoms with Gasteiger partial charge in [0.2, 0.25) is 0 Å². The molecule has 6 heteroatoms. The first-order chi connectivity index (χ1) is 36.0. The fourth-order valence-electron chi connectivity index (χ4n) is 9.81. The van der Waals surface area contributed by atoms with E-state index in [2.05, 4.69) is 57.2 Å². The van der Waals surface area contributed by atoms with Crippen LogP contribution in [0.15, 0.2) is 36.5 Å². The van der Waals surface area contributed by atoms with Crippen LogP contribution in [-0.2, 0) is 28.6 Å². The van der Waals surface area contributed by atoms with Crippen molar-refractivity contribution in [2.75, 3.05) is 13.2 Å². The monoisotopic (exact) mass is 1020 g/mol. The maximum atomic E-state index is 12.8. The molecule has 0 saturated carbocycles. The summed E-state index contributed by atoms with van der Waals surface area (Å²) in [5.74, 6) is -0.890. The molecule has 0 radical (unpaired) electrons. The number of esters is 3. The Morgan fingerprint density at radius 2 is 0.534 bits per heavy atom. The molecule has 0 amide bonds. The second-order valence-corrected chi connectivity index (χ2v) is 22.0. The summed E-state index contributed by atoms with van der Waals surface area (Å²) in [6, 6.07) is 0. The van der Waals surface area contributed by atoms with Crippen molar-refractivity contribution in [2.24, 2.45) is 0 Å². The Morgan fingerprint density at radius 3 is 0.836 bits per heavy atom. The Morgan fingerprint density at radius 1 is 0.288 bits per heavy atom. The summed E-state index contributed by atoms with van der Waals surface area (Å²) < 4.78 is 16.8. The maximum Gasteiger partial charge on any atom is 0.306 e. The Kier molecular flexibility index (Phi) is 60.2. The zero-order valence-electron chi connectivity index (χ0n) is 49.2. The molecular weight excluding hydrogens is 901 g/mol. The van der Waals surface area contributed by atoms with Crippen LogP contribution in [0, 0.1) is 0 Å². The van der Waals surface area contributed by atoms with Crippen molar-refractivity contribution < 1.29 is 28.6 Å². The van der Waals surface area contributed by atoms with Gasteiger partial charge in [-0.25, -0.2) is 0 Å². The van der Waals surface area contributed by atoms with Gasteiger partial charge in [-0.2, -0.15) is 0 Å². The summed E-state index contributed by atoms with van der Waals surface area (Å²) in [6.07, 6.45) is 76.2. The molecule has 1 atom stereocenters. The van der Waals surface area contributed by atoms with E-state index in [1.165, 1.54) is 231 Å². The molecule has 0 aromatic heterocycles. The molecule has 0 aliphatic carbocycles. The van der Waals surface area contributed by atoms with E-state index in [1.807, 2.05) is 0 Å². The topological polar surface area (TPSA) is 78.9 Å². The van der Waals surface area contributed by atoms with Crippen LogP contribution in [0.4, 0.5) is 0 Å². The predicted octanol–water partition coefficient (Wildman–Crippen LogP) is 22.0. The average Bonchev–Trinajstić information content (AvgIpc) is 3.39. The number of carbonyl (C=O) groups is 3. The SMILES string of the molecule is CC/C=C\C/C=C\C/C=C\CCCCCC(=O)OC(COC(=O)CCCCCCCCCCCCC)COC(=O)CCCCCCCCCCCCCCCCCCCCCCCCCCCCCCCCC. The van der Waals surface area contributed by atoms with E-state index in [-0.39, 0.29) is 31.1 Å². The third kappa shape index (κ3) is 60.4. The van der Waals surface area contributed by atoms with Crippen LogP contribution in [0.2, 0.25) is 0 Å². The number of hydrogen-bond acceptors (Lipinski definition) is 6. The standard InChI is InChI=1S/C67H124O6/c1-4-7-10-13-16-19-22-24-25-26-27-28-29-30-31-32-33-34-35-36-37-38-39-40-41-43-45-48-51-54-57-60-66(69)72-63-64(62-71-65(68)59-56-53-50-47-44-21-18-15-12-9-6-3)73-67(70)61-58-55-52-49-46-42-23-20-17-14-11-8-5-2/h8,11,17,20,42,46,64H,4-7,9-10,12-16,18-19,21-41,43-45,47-63H2,1-3H3/b11-8-,20-17-,46-42-. The van der Waals surface area contributed by atoms with Gasteiger partial charge in [-0.15, -0.1) is 0 Å². The van der Waals surface area contributed by atoms with E-state index in [0.717, 1.165) is 83.5 Å². The van der Waals surface area contributed by atoms with E-state index in [9.17, 15) is 14.4 Å². The average molecular weight is 1030 g/mol. The zero-order chi connectivity index (χ0) is 52.9. The Hall–Kier alpha value is -2.37.